The summed E-state index contributed by atoms with van der Waals surface area (Å²) >= 11 is 0. The SMILES string of the molecule is Nc1nc(C(=O)O)ccc1-c1ccccc1O. The van der Waals surface area contributed by atoms with E-state index in [0.29, 0.717) is 11.1 Å². The molecule has 0 atom stereocenters. The Morgan fingerprint density at radius 1 is 1.12 bits per heavy atom. The Morgan fingerprint density at radius 2 is 1.82 bits per heavy atom. The Labute approximate surface area is 97.2 Å². The monoisotopic (exact) mass is 230 g/mol. The van der Waals surface area contributed by atoms with Crippen LogP contribution < -0.4 is 5.73 Å². The van der Waals surface area contributed by atoms with Gasteiger partial charge in [0.1, 0.15) is 11.6 Å². The third kappa shape index (κ3) is 2.03. The lowest BCUT2D eigenvalue weighted by molar-refractivity contribution is 0.0690. The summed E-state index contributed by atoms with van der Waals surface area (Å²) in [7, 11) is 0. The molecule has 0 unspecified atom stereocenters. The first-order chi connectivity index (χ1) is 8.09. The molecule has 0 aliphatic heterocycles. The third-order valence-electron chi connectivity index (χ3n) is 2.34. The van der Waals surface area contributed by atoms with Gasteiger partial charge >= 0.3 is 5.97 Å². The molecule has 0 aliphatic carbocycles. The van der Waals surface area contributed by atoms with Gasteiger partial charge in [0, 0.05) is 11.1 Å². The van der Waals surface area contributed by atoms with E-state index < -0.39 is 5.97 Å². The van der Waals surface area contributed by atoms with Crippen molar-refractivity contribution in [1.29, 1.82) is 0 Å². The van der Waals surface area contributed by atoms with Gasteiger partial charge in [-0.05, 0) is 18.2 Å². The number of aromatic hydroxyl groups is 1. The summed E-state index contributed by atoms with van der Waals surface area (Å²) in [4.78, 5) is 14.5. The molecule has 1 heterocycles. The molecule has 0 spiro atoms. The first kappa shape index (κ1) is 10.9. The minimum Gasteiger partial charge on any atom is -0.507 e. The van der Waals surface area contributed by atoms with Crippen LogP contribution in [0.5, 0.6) is 5.75 Å². The summed E-state index contributed by atoms with van der Waals surface area (Å²) in [6.45, 7) is 0. The maximum absolute atomic E-state index is 10.7. The van der Waals surface area contributed by atoms with Crippen LogP contribution in [0.3, 0.4) is 0 Å². The molecule has 0 radical (unpaired) electrons. The van der Waals surface area contributed by atoms with Crippen LogP contribution in [0.1, 0.15) is 10.5 Å². The van der Waals surface area contributed by atoms with Crippen LogP contribution in [0, 0.1) is 0 Å². The van der Waals surface area contributed by atoms with Gasteiger partial charge in [0.25, 0.3) is 0 Å². The molecule has 17 heavy (non-hydrogen) atoms. The van der Waals surface area contributed by atoms with Gasteiger partial charge < -0.3 is 15.9 Å². The number of carboxylic acid groups (broad SMARTS) is 1. The first-order valence-corrected chi connectivity index (χ1v) is 4.88. The highest BCUT2D eigenvalue weighted by molar-refractivity contribution is 5.88. The maximum atomic E-state index is 10.7. The maximum Gasteiger partial charge on any atom is 0.354 e. The zero-order valence-electron chi connectivity index (χ0n) is 8.79. The number of hydrogen-bond donors (Lipinski definition) is 3. The van der Waals surface area contributed by atoms with Crippen molar-refractivity contribution >= 4 is 11.8 Å². The largest absolute Gasteiger partial charge is 0.507 e. The molecule has 5 heteroatoms. The van der Waals surface area contributed by atoms with Crippen LogP contribution in [0.25, 0.3) is 11.1 Å². The highest BCUT2D eigenvalue weighted by atomic mass is 16.4. The minimum atomic E-state index is -1.14. The van der Waals surface area contributed by atoms with Gasteiger partial charge in [-0.3, -0.25) is 0 Å². The number of benzene rings is 1. The van der Waals surface area contributed by atoms with Crippen molar-refractivity contribution < 1.29 is 15.0 Å². The summed E-state index contributed by atoms with van der Waals surface area (Å²) in [5.41, 5.74) is 6.58. The minimum absolute atomic E-state index is 0.0732. The summed E-state index contributed by atoms with van der Waals surface area (Å²) < 4.78 is 0. The lowest BCUT2D eigenvalue weighted by Crippen LogP contribution is -2.04. The lowest BCUT2D eigenvalue weighted by Gasteiger charge is -2.07. The van der Waals surface area contributed by atoms with Gasteiger partial charge in [-0.1, -0.05) is 18.2 Å². The van der Waals surface area contributed by atoms with E-state index in [-0.39, 0.29) is 17.3 Å². The molecule has 4 N–H and O–H groups in total. The van der Waals surface area contributed by atoms with Crippen molar-refractivity contribution in [2.24, 2.45) is 0 Å². The van der Waals surface area contributed by atoms with E-state index in [1.165, 1.54) is 18.2 Å². The van der Waals surface area contributed by atoms with Crippen LogP contribution in [-0.4, -0.2) is 21.2 Å². The quantitative estimate of drug-likeness (QED) is 0.730. The van der Waals surface area contributed by atoms with E-state index in [4.69, 9.17) is 10.8 Å². The molecule has 0 fully saturated rings. The predicted octanol–water partition coefficient (Wildman–Crippen LogP) is 1.73. The molecule has 0 bridgehead atoms. The highest BCUT2D eigenvalue weighted by Gasteiger charge is 2.11. The second-order valence-corrected chi connectivity index (χ2v) is 3.45. The number of nitrogens with two attached hydrogens (primary N) is 1. The van der Waals surface area contributed by atoms with Crippen LogP contribution in [0.2, 0.25) is 0 Å². The summed E-state index contributed by atoms with van der Waals surface area (Å²) in [5, 5.41) is 18.4. The summed E-state index contributed by atoms with van der Waals surface area (Å²) in [6, 6.07) is 9.53. The van der Waals surface area contributed by atoms with E-state index in [2.05, 4.69) is 4.98 Å². The van der Waals surface area contributed by atoms with Crippen molar-refractivity contribution in [3.8, 4) is 16.9 Å². The van der Waals surface area contributed by atoms with E-state index in [1.54, 1.807) is 18.2 Å². The average Bonchev–Trinajstić information content (AvgIpc) is 2.30. The van der Waals surface area contributed by atoms with Gasteiger partial charge in [0.2, 0.25) is 0 Å². The normalized spacial score (nSPS) is 10.1. The van der Waals surface area contributed by atoms with E-state index in [1.807, 2.05) is 0 Å². The Bertz CT molecular complexity index is 582. The number of aromatic carboxylic acids is 1. The topological polar surface area (TPSA) is 96.4 Å². The fourth-order valence-electron chi connectivity index (χ4n) is 1.52. The van der Waals surface area contributed by atoms with Crippen LogP contribution in [0.15, 0.2) is 36.4 Å². The highest BCUT2D eigenvalue weighted by Crippen LogP contribution is 2.31. The number of phenolic OH excluding ortho intramolecular Hbond substituents is 1. The number of hydrogen-bond acceptors (Lipinski definition) is 4. The van der Waals surface area contributed by atoms with Gasteiger partial charge in [-0.25, -0.2) is 9.78 Å². The fraction of sp³-hybridized carbons (Fsp3) is 0. The molecule has 0 aliphatic rings. The zero-order chi connectivity index (χ0) is 12.4. The molecule has 0 saturated carbocycles. The summed E-state index contributed by atoms with van der Waals surface area (Å²) in [5.74, 6) is -0.990. The molecule has 2 rings (SSSR count). The van der Waals surface area contributed by atoms with Crippen molar-refractivity contribution in [3.63, 3.8) is 0 Å². The van der Waals surface area contributed by atoms with Gasteiger partial charge in [-0.15, -0.1) is 0 Å². The second kappa shape index (κ2) is 4.13. The number of anilines is 1. The van der Waals surface area contributed by atoms with Gasteiger partial charge in [0.15, 0.2) is 5.69 Å². The zero-order valence-corrected chi connectivity index (χ0v) is 8.79. The van der Waals surface area contributed by atoms with E-state index >= 15 is 0 Å². The van der Waals surface area contributed by atoms with Gasteiger partial charge in [0.05, 0.1) is 0 Å². The van der Waals surface area contributed by atoms with Crippen molar-refractivity contribution in [2.75, 3.05) is 5.73 Å². The number of carbonyl (C=O) groups is 1. The molecular formula is C12H10N2O3. The predicted molar refractivity (Wildman–Crippen MR) is 62.7 cm³/mol. The smallest absolute Gasteiger partial charge is 0.354 e. The van der Waals surface area contributed by atoms with Crippen LogP contribution in [-0.2, 0) is 0 Å². The number of nitrogens with zero attached hydrogens (tertiary/aromatic N) is 1. The molecule has 0 saturated heterocycles. The molecular weight excluding hydrogens is 220 g/mol. The molecule has 86 valence electrons. The number of rotatable bonds is 2. The standard InChI is InChI=1S/C12H10N2O3/c13-11-8(5-6-9(14-11)12(16)17)7-3-1-2-4-10(7)15/h1-6,15H,(H2,13,14)(H,16,17). The number of para-hydroxylation sites is 1. The third-order valence-corrected chi connectivity index (χ3v) is 2.34. The molecule has 2 aromatic rings. The summed E-state index contributed by atoms with van der Waals surface area (Å²) in [6.07, 6.45) is 0. The van der Waals surface area contributed by atoms with Crippen LogP contribution >= 0.6 is 0 Å². The van der Waals surface area contributed by atoms with Crippen molar-refractivity contribution in [1.82, 2.24) is 4.98 Å². The molecule has 1 aromatic heterocycles. The fourth-order valence-corrected chi connectivity index (χ4v) is 1.52. The van der Waals surface area contributed by atoms with Gasteiger partial charge in [-0.2, -0.15) is 0 Å². The first-order valence-electron chi connectivity index (χ1n) is 4.88. The van der Waals surface area contributed by atoms with Crippen molar-refractivity contribution in [3.05, 3.63) is 42.1 Å². The number of aromatic nitrogens is 1. The second-order valence-electron chi connectivity index (χ2n) is 3.45. The Hall–Kier alpha value is -2.56. The molecule has 1 aromatic carbocycles. The Balaban J connectivity index is 2.55. The molecule has 5 nitrogen and oxygen atoms in total. The number of carboxylic acids is 1. The average molecular weight is 230 g/mol. The van der Waals surface area contributed by atoms with Crippen LogP contribution in [0.4, 0.5) is 5.82 Å². The number of phenols is 1. The lowest BCUT2D eigenvalue weighted by atomic mass is 10.1. The van der Waals surface area contributed by atoms with E-state index in [0.717, 1.165) is 0 Å². The Kier molecular flexibility index (Phi) is 2.66. The van der Waals surface area contributed by atoms with E-state index in [9.17, 15) is 9.90 Å². The van der Waals surface area contributed by atoms with Crippen molar-refractivity contribution in [2.45, 2.75) is 0 Å². The molecule has 0 amide bonds. The number of nitrogen functional groups attached to an aromatic ring is 1. The Morgan fingerprint density at radius 3 is 2.41 bits per heavy atom. The number of pyridine rings is 1.